The van der Waals surface area contributed by atoms with Crippen molar-refractivity contribution >= 4 is 29.3 Å². The number of rotatable bonds is 0. The summed E-state index contributed by atoms with van der Waals surface area (Å²) in [4.78, 5) is 2.41. The van der Waals surface area contributed by atoms with Crippen LogP contribution in [0, 0.1) is 0 Å². The van der Waals surface area contributed by atoms with Crippen LogP contribution in [0.15, 0.2) is 48.0 Å². The van der Waals surface area contributed by atoms with E-state index in [2.05, 4.69) is 60.5 Å². The molecule has 116 valence electrons. The normalized spacial score (nSPS) is 17.7. The summed E-state index contributed by atoms with van der Waals surface area (Å²) in [7, 11) is 2.20. The predicted octanol–water partition coefficient (Wildman–Crippen LogP) is 5.35. The highest BCUT2D eigenvalue weighted by atomic mass is 35.5. The summed E-state index contributed by atoms with van der Waals surface area (Å²) in [6.07, 6.45) is 6.70. The Morgan fingerprint density at radius 1 is 0.870 bits per heavy atom. The molecule has 1 nitrogen and oxygen atoms in total. The van der Waals surface area contributed by atoms with Crippen LogP contribution in [0.4, 0.5) is 0 Å². The Labute approximate surface area is 142 Å². The fourth-order valence-electron chi connectivity index (χ4n) is 3.60. The number of likely N-dealkylation sites (tertiary alicyclic amines) is 1. The van der Waals surface area contributed by atoms with Gasteiger partial charge >= 0.3 is 0 Å². The van der Waals surface area contributed by atoms with Gasteiger partial charge in [0.15, 0.2) is 0 Å². The molecule has 23 heavy (non-hydrogen) atoms. The van der Waals surface area contributed by atoms with Crippen molar-refractivity contribution in [2.75, 3.05) is 20.1 Å². The molecule has 0 unspecified atom stereocenters. The third-order valence-corrected chi connectivity index (χ3v) is 5.14. The quantitative estimate of drug-likeness (QED) is 0.539. The molecule has 0 spiro atoms. The van der Waals surface area contributed by atoms with Crippen molar-refractivity contribution < 1.29 is 0 Å². The molecule has 0 bridgehead atoms. The van der Waals surface area contributed by atoms with Gasteiger partial charge in [-0.15, -0.1) is 0 Å². The first-order valence-electron chi connectivity index (χ1n) is 8.20. The first-order valence-corrected chi connectivity index (χ1v) is 8.58. The highest BCUT2D eigenvalue weighted by Crippen LogP contribution is 2.39. The zero-order valence-corrected chi connectivity index (χ0v) is 14.1. The van der Waals surface area contributed by atoms with Crippen molar-refractivity contribution in [2.24, 2.45) is 0 Å². The Balaban J connectivity index is 1.98. The SMILES string of the molecule is CN1CCC(=C2c3ccccc3C=Cc3ccc(Cl)cc32)CC1. The molecule has 1 aliphatic carbocycles. The molecule has 2 aromatic carbocycles. The van der Waals surface area contributed by atoms with Crippen LogP contribution in [-0.4, -0.2) is 25.0 Å². The van der Waals surface area contributed by atoms with Crippen molar-refractivity contribution in [1.29, 1.82) is 0 Å². The van der Waals surface area contributed by atoms with Crippen molar-refractivity contribution in [1.82, 2.24) is 4.90 Å². The molecule has 2 aliphatic rings. The molecular weight excluding hydrogens is 302 g/mol. The lowest BCUT2D eigenvalue weighted by Crippen LogP contribution is -2.27. The summed E-state index contributed by atoms with van der Waals surface area (Å²) in [5.41, 5.74) is 8.12. The Morgan fingerprint density at radius 3 is 2.35 bits per heavy atom. The van der Waals surface area contributed by atoms with Gasteiger partial charge in [-0.3, -0.25) is 0 Å². The minimum Gasteiger partial charge on any atom is -0.306 e. The van der Waals surface area contributed by atoms with E-state index in [0.717, 1.165) is 31.0 Å². The minimum absolute atomic E-state index is 0.808. The lowest BCUT2D eigenvalue weighted by molar-refractivity contribution is 0.313. The molecule has 0 amide bonds. The van der Waals surface area contributed by atoms with Gasteiger partial charge in [0.1, 0.15) is 0 Å². The summed E-state index contributed by atoms with van der Waals surface area (Å²) in [6, 6.07) is 14.9. The summed E-state index contributed by atoms with van der Waals surface area (Å²) in [6.45, 7) is 2.26. The summed E-state index contributed by atoms with van der Waals surface area (Å²) in [5, 5.41) is 0.808. The van der Waals surface area contributed by atoms with Gasteiger partial charge < -0.3 is 4.90 Å². The minimum atomic E-state index is 0.808. The Hall–Kier alpha value is -1.83. The molecule has 1 heterocycles. The van der Waals surface area contributed by atoms with Crippen LogP contribution < -0.4 is 0 Å². The van der Waals surface area contributed by atoms with E-state index >= 15 is 0 Å². The second-order valence-corrected chi connectivity index (χ2v) is 6.87. The van der Waals surface area contributed by atoms with Crippen LogP contribution in [0.3, 0.4) is 0 Å². The Morgan fingerprint density at radius 2 is 1.57 bits per heavy atom. The Bertz CT molecular complexity index is 806. The highest BCUT2D eigenvalue weighted by Gasteiger charge is 2.21. The van der Waals surface area contributed by atoms with Crippen molar-refractivity contribution in [2.45, 2.75) is 12.8 Å². The fourth-order valence-corrected chi connectivity index (χ4v) is 3.78. The summed E-state index contributed by atoms with van der Waals surface area (Å²) >= 11 is 6.33. The second-order valence-electron chi connectivity index (χ2n) is 6.43. The smallest absolute Gasteiger partial charge is 0.0412 e. The van der Waals surface area contributed by atoms with Gasteiger partial charge in [-0.1, -0.05) is 59.7 Å². The van der Waals surface area contributed by atoms with Gasteiger partial charge in [0.2, 0.25) is 0 Å². The molecule has 1 aliphatic heterocycles. The number of hydrogen-bond donors (Lipinski definition) is 0. The summed E-state index contributed by atoms with van der Waals surface area (Å²) in [5.74, 6) is 0. The van der Waals surface area contributed by atoms with E-state index in [9.17, 15) is 0 Å². The molecule has 0 atom stereocenters. The third kappa shape index (κ3) is 2.75. The third-order valence-electron chi connectivity index (χ3n) is 4.90. The van der Waals surface area contributed by atoms with Crippen LogP contribution in [0.1, 0.15) is 35.1 Å². The van der Waals surface area contributed by atoms with Gasteiger partial charge in [-0.2, -0.15) is 0 Å². The lowest BCUT2D eigenvalue weighted by atomic mass is 9.86. The molecule has 0 saturated carbocycles. The highest BCUT2D eigenvalue weighted by molar-refractivity contribution is 6.30. The topological polar surface area (TPSA) is 3.24 Å². The molecule has 2 aromatic rings. The van der Waals surface area contributed by atoms with E-state index in [1.165, 1.54) is 27.8 Å². The number of halogens is 1. The average molecular weight is 322 g/mol. The van der Waals surface area contributed by atoms with Crippen LogP contribution in [0.2, 0.25) is 5.02 Å². The molecule has 1 fully saturated rings. The molecule has 4 rings (SSSR count). The zero-order chi connectivity index (χ0) is 15.8. The molecule has 0 N–H and O–H groups in total. The van der Waals surface area contributed by atoms with Gasteiger partial charge in [0, 0.05) is 18.1 Å². The average Bonchev–Trinajstić information content (AvgIpc) is 2.72. The van der Waals surface area contributed by atoms with E-state index in [-0.39, 0.29) is 0 Å². The van der Waals surface area contributed by atoms with E-state index < -0.39 is 0 Å². The monoisotopic (exact) mass is 321 g/mol. The van der Waals surface area contributed by atoms with Gasteiger partial charge in [0.25, 0.3) is 0 Å². The molecule has 2 heteroatoms. The number of piperidine rings is 1. The van der Waals surface area contributed by atoms with Gasteiger partial charge in [0.05, 0.1) is 0 Å². The predicted molar refractivity (Wildman–Crippen MR) is 99.6 cm³/mol. The maximum atomic E-state index is 6.33. The largest absolute Gasteiger partial charge is 0.306 e. The maximum Gasteiger partial charge on any atom is 0.0412 e. The van der Waals surface area contributed by atoms with Crippen LogP contribution in [-0.2, 0) is 0 Å². The standard InChI is InChI=1S/C21H20ClN/c1-23-12-10-17(11-13-23)21-19-5-3-2-4-15(19)6-7-16-8-9-18(22)14-20(16)21/h2-9,14H,10-13H2,1H3. The van der Waals surface area contributed by atoms with E-state index in [4.69, 9.17) is 11.6 Å². The van der Waals surface area contributed by atoms with E-state index in [1.807, 2.05) is 6.07 Å². The zero-order valence-electron chi connectivity index (χ0n) is 13.3. The van der Waals surface area contributed by atoms with Gasteiger partial charge in [-0.05, 0) is 59.8 Å². The molecule has 1 saturated heterocycles. The summed E-state index contributed by atoms with van der Waals surface area (Å²) < 4.78 is 0. The van der Waals surface area contributed by atoms with Crippen molar-refractivity contribution in [3.8, 4) is 0 Å². The first kappa shape index (κ1) is 14.7. The van der Waals surface area contributed by atoms with Crippen molar-refractivity contribution in [3.05, 3.63) is 75.3 Å². The van der Waals surface area contributed by atoms with E-state index in [1.54, 1.807) is 5.57 Å². The van der Waals surface area contributed by atoms with Gasteiger partial charge in [-0.25, -0.2) is 0 Å². The molecular formula is C21H20ClN. The van der Waals surface area contributed by atoms with Crippen LogP contribution in [0.5, 0.6) is 0 Å². The lowest BCUT2D eigenvalue weighted by Gasteiger charge is -2.27. The number of fused-ring (bicyclic) bond motifs is 2. The molecule has 0 aromatic heterocycles. The molecule has 0 radical (unpaired) electrons. The maximum absolute atomic E-state index is 6.33. The number of nitrogens with zero attached hydrogens (tertiary/aromatic N) is 1. The van der Waals surface area contributed by atoms with E-state index in [0.29, 0.717) is 0 Å². The van der Waals surface area contributed by atoms with Crippen LogP contribution >= 0.6 is 11.6 Å². The second kappa shape index (κ2) is 5.99. The first-order chi connectivity index (χ1) is 11.2. The van der Waals surface area contributed by atoms with Crippen molar-refractivity contribution in [3.63, 3.8) is 0 Å². The van der Waals surface area contributed by atoms with Crippen LogP contribution in [0.25, 0.3) is 17.7 Å². The Kier molecular flexibility index (Phi) is 3.84. The number of benzene rings is 2. The number of hydrogen-bond acceptors (Lipinski definition) is 1. The fraction of sp³-hybridized carbons (Fsp3) is 0.238.